The lowest BCUT2D eigenvalue weighted by molar-refractivity contribution is 0.680. The van der Waals surface area contributed by atoms with Crippen LogP contribution in [0.5, 0.6) is 0 Å². The predicted octanol–water partition coefficient (Wildman–Crippen LogP) is 2.89. The van der Waals surface area contributed by atoms with E-state index in [1.54, 1.807) is 6.07 Å². The summed E-state index contributed by atoms with van der Waals surface area (Å²) >= 11 is 5.81. The molecule has 15 heavy (non-hydrogen) atoms. The molecule has 0 aliphatic rings. The summed E-state index contributed by atoms with van der Waals surface area (Å²) in [6, 6.07) is 9.42. The molecule has 0 bridgehead atoms. The molecule has 0 N–H and O–H groups in total. The lowest BCUT2D eigenvalue weighted by Crippen LogP contribution is -2.00. The van der Waals surface area contributed by atoms with Crippen LogP contribution in [0.4, 0.5) is 0 Å². The van der Waals surface area contributed by atoms with Crippen molar-refractivity contribution in [2.24, 2.45) is 0 Å². The minimum absolute atomic E-state index is 0.473. The van der Waals surface area contributed by atoms with Crippen molar-refractivity contribution in [3.63, 3.8) is 0 Å². The van der Waals surface area contributed by atoms with Gasteiger partial charge < -0.3 is 0 Å². The van der Waals surface area contributed by atoms with Crippen LogP contribution in [0.3, 0.4) is 0 Å². The highest BCUT2D eigenvalue weighted by Crippen LogP contribution is 2.12. The van der Waals surface area contributed by atoms with Gasteiger partial charge >= 0.3 is 0 Å². The van der Waals surface area contributed by atoms with Crippen molar-refractivity contribution in [1.82, 2.24) is 0 Å². The molecule has 1 rings (SSSR count). The number of hydrogen-bond acceptors (Lipinski definition) is 2. The van der Waals surface area contributed by atoms with Crippen LogP contribution >= 0.6 is 11.6 Å². The van der Waals surface area contributed by atoms with Crippen LogP contribution in [0.15, 0.2) is 24.3 Å². The van der Waals surface area contributed by atoms with E-state index >= 15 is 0 Å². The third-order valence-electron chi connectivity index (χ3n) is 1.88. The topological polar surface area (TPSA) is 40.9 Å². The number of nitriles is 1. The van der Waals surface area contributed by atoms with Gasteiger partial charge in [0.25, 0.3) is 0 Å². The van der Waals surface area contributed by atoms with E-state index in [0.29, 0.717) is 29.4 Å². The van der Waals surface area contributed by atoms with E-state index in [-0.39, 0.29) is 0 Å². The first-order valence-corrected chi connectivity index (χ1v) is 6.55. The SMILES string of the molecule is N#CCCC[S@](=O)Cc1cccc(Cl)c1. The standard InChI is InChI=1S/C11H12ClNOS/c12-11-5-3-4-10(8-11)9-15(14)7-2-1-6-13/h3-5,8H,1-2,7,9H2/t15-/m0/s1. The Kier molecular flexibility index (Phi) is 5.38. The van der Waals surface area contributed by atoms with E-state index in [0.717, 1.165) is 5.56 Å². The minimum Gasteiger partial charge on any atom is -0.259 e. The van der Waals surface area contributed by atoms with E-state index in [1.165, 1.54) is 0 Å². The molecule has 0 saturated carbocycles. The highest BCUT2D eigenvalue weighted by molar-refractivity contribution is 7.84. The molecule has 0 fully saturated rings. The summed E-state index contributed by atoms with van der Waals surface area (Å²) in [7, 11) is -0.891. The zero-order chi connectivity index (χ0) is 11.1. The molecule has 80 valence electrons. The summed E-state index contributed by atoms with van der Waals surface area (Å²) in [6.07, 6.45) is 1.17. The molecule has 0 saturated heterocycles. The Hall–Kier alpha value is -0.850. The molecule has 0 unspecified atom stereocenters. The lowest BCUT2D eigenvalue weighted by Gasteiger charge is -2.01. The Bertz CT molecular complexity index is 386. The van der Waals surface area contributed by atoms with Crippen LogP contribution in [-0.4, -0.2) is 9.96 Å². The Labute approximate surface area is 97.3 Å². The first-order valence-electron chi connectivity index (χ1n) is 4.69. The molecule has 0 heterocycles. The molecule has 4 heteroatoms. The maximum Gasteiger partial charge on any atom is 0.0622 e. The van der Waals surface area contributed by atoms with Crippen molar-refractivity contribution >= 4 is 22.4 Å². The Morgan fingerprint density at radius 1 is 1.47 bits per heavy atom. The number of halogens is 1. The monoisotopic (exact) mass is 241 g/mol. The van der Waals surface area contributed by atoms with Crippen molar-refractivity contribution in [3.05, 3.63) is 34.9 Å². The van der Waals surface area contributed by atoms with Gasteiger partial charge in [-0.3, -0.25) is 4.21 Å². The van der Waals surface area contributed by atoms with Gasteiger partial charge in [0.1, 0.15) is 0 Å². The minimum atomic E-state index is -0.891. The van der Waals surface area contributed by atoms with Crippen LogP contribution in [-0.2, 0) is 16.6 Å². The summed E-state index contributed by atoms with van der Waals surface area (Å²) in [4.78, 5) is 0. The number of benzene rings is 1. The highest BCUT2D eigenvalue weighted by Gasteiger charge is 2.02. The molecule has 0 amide bonds. The lowest BCUT2D eigenvalue weighted by atomic mass is 10.2. The van der Waals surface area contributed by atoms with Crippen molar-refractivity contribution in [1.29, 1.82) is 5.26 Å². The summed E-state index contributed by atoms with van der Waals surface area (Å²) in [5.74, 6) is 1.10. The molecule has 1 atom stereocenters. The summed E-state index contributed by atoms with van der Waals surface area (Å²) < 4.78 is 11.6. The van der Waals surface area contributed by atoms with Crippen LogP contribution in [0, 0.1) is 11.3 Å². The second kappa shape index (κ2) is 6.60. The average molecular weight is 242 g/mol. The number of rotatable bonds is 5. The van der Waals surface area contributed by atoms with Crippen LogP contribution < -0.4 is 0 Å². The Morgan fingerprint density at radius 2 is 2.27 bits per heavy atom. The first kappa shape index (κ1) is 12.2. The number of hydrogen-bond donors (Lipinski definition) is 0. The summed E-state index contributed by atoms with van der Waals surface area (Å²) in [6.45, 7) is 0. The molecule has 2 nitrogen and oxygen atoms in total. The van der Waals surface area contributed by atoms with Crippen LogP contribution in [0.1, 0.15) is 18.4 Å². The predicted molar refractivity (Wildman–Crippen MR) is 63.0 cm³/mol. The molecule has 0 aliphatic heterocycles. The van der Waals surface area contributed by atoms with E-state index in [2.05, 4.69) is 0 Å². The quantitative estimate of drug-likeness (QED) is 0.744. The molecule has 1 aromatic carbocycles. The fourth-order valence-corrected chi connectivity index (χ4v) is 2.57. The fourth-order valence-electron chi connectivity index (χ4n) is 1.20. The average Bonchev–Trinajstić information content (AvgIpc) is 2.18. The van der Waals surface area contributed by atoms with Gasteiger partial charge in [0.2, 0.25) is 0 Å². The third-order valence-corrected chi connectivity index (χ3v) is 3.51. The van der Waals surface area contributed by atoms with E-state index in [4.69, 9.17) is 16.9 Å². The second-order valence-corrected chi connectivity index (χ2v) is 5.19. The van der Waals surface area contributed by atoms with Crippen molar-refractivity contribution in [2.75, 3.05) is 5.75 Å². The smallest absolute Gasteiger partial charge is 0.0622 e. The molecule has 0 aromatic heterocycles. The van der Waals surface area contributed by atoms with Crippen molar-refractivity contribution in [3.8, 4) is 6.07 Å². The Balaban J connectivity index is 2.42. The van der Waals surface area contributed by atoms with Gasteiger partial charge in [0.05, 0.1) is 6.07 Å². The van der Waals surface area contributed by atoms with Gasteiger partial charge in [-0.2, -0.15) is 5.26 Å². The van der Waals surface area contributed by atoms with E-state index in [1.807, 2.05) is 24.3 Å². The third kappa shape index (κ3) is 4.96. The second-order valence-electron chi connectivity index (χ2n) is 3.18. The van der Waals surface area contributed by atoms with Gasteiger partial charge in [0.15, 0.2) is 0 Å². The van der Waals surface area contributed by atoms with E-state index in [9.17, 15) is 4.21 Å². The summed E-state index contributed by atoms with van der Waals surface area (Å²) in [5.41, 5.74) is 0.984. The van der Waals surface area contributed by atoms with Gasteiger partial charge in [0, 0.05) is 33.7 Å². The van der Waals surface area contributed by atoms with Crippen LogP contribution in [0.25, 0.3) is 0 Å². The van der Waals surface area contributed by atoms with Crippen LogP contribution in [0.2, 0.25) is 5.02 Å². The Morgan fingerprint density at radius 3 is 2.93 bits per heavy atom. The maximum absolute atomic E-state index is 11.6. The molecule has 1 aromatic rings. The molecule has 0 radical (unpaired) electrons. The highest BCUT2D eigenvalue weighted by atomic mass is 35.5. The normalized spacial score (nSPS) is 12.0. The van der Waals surface area contributed by atoms with Gasteiger partial charge in [-0.05, 0) is 24.1 Å². The van der Waals surface area contributed by atoms with Gasteiger partial charge in [-0.25, -0.2) is 0 Å². The van der Waals surface area contributed by atoms with Crippen molar-refractivity contribution < 1.29 is 4.21 Å². The van der Waals surface area contributed by atoms with Crippen molar-refractivity contribution in [2.45, 2.75) is 18.6 Å². The fraction of sp³-hybridized carbons (Fsp3) is 0.364. The molecular formula is C11H12ClNOS. The number of nitrogens with zero attached hydrogens (tertiary/aromatic N) is 1. The number of unbranched alkanes of at least 4 members (excludes halogenated alkanes) is 1. The largest absolute Gasteiger partial charge is 0.259 e. The van der Waals surface area contributed by atoms with Gasteiger partial charge in [-0.15, -0.1) is 0 Å². The molecule has 0 aliphatic carbocycles. The zero-order valence-corrected chi connectivity index (χ0v) is 9.85. The first-order chi connectivity index (χ1) is 7.22. The van der Waals surface area contributed by atoms with Gasteiger partial charge in [-0.1, -0.05) is 23.7 Å². The molecular weight excluding hydrogens is 230 g/mol. The maximum atomic E-state index is 11.6. The van der Waals surface area contributed by atoms with E-state index < -0.39 is 10.8 Å². The summed E-state index contributed by atoms with van der Waals surface area (Å²) in [5, 5.41) is 9.01. The zero-order valence-electron chi connectivity index (χ0n) is 8.28. The molecule has 0 spiro atoms.